The molecule has 0 saturated heterocycles. The van der Waals surface area contributed by atoms with Crippen LogP contribution in [0.1, 0.15) is 31.7 Å². The van der Waals surface area contributed by atoms with Crippen molar-refractivity contribution in [2.24, 2.45) is 11.7 Å². The Labute approximate surface area is 98.2 Å². The Balaban J connectivity index is 1.86. The summed E-state index contributed by atoms with van der Waals surface area (Å²) < 4.78 is 0. The van der Waals surface area contributed by atoms with Gasteiger partial charge < -0.3 is 11.1 Å². The number of hydrogen-bond donors (Lipinski definition) is 2. The topological polar surface area (TPSA) is 38.0 Å². The second kappa shape index (κ2) is 4.98. The first-order chi connectivity index (χ1) is 7.72. The fourth-order valence-corrected chi connectivity index (χ4v) is 2.10. The third kappa shape index (κ3) is 3.32. The van der Waals surface area contributed by atoms with E-state index >= 15 is 0 Å². The molecular weight excluding hydrogens is 196 g/mol. The summed E-state index contributed by atoms with van der Waals surface area (Å²) in [6.45, 7) is 3.88. The summed E-state index contributed by atoms with van der Waals surface area (Å²) in [6.07, 6.45) is 4.00. The number of rotatable bonds is 6. The molecule has 1 aromatic rings. The zero-order valence-electron chi connectivity index (χ0n) is 10.1. The lowest BCUT2D eigenvalue weighted by molar-refractivity contribution is 0.321. The minimum absolute atomic E-state index is 0.108. The van der Waals surface area contributed by atoms with Crippen LogP contribution in [0, 0.1) is 5.92 Å². The van der Waals surface area contributed by atoms with Gasteiger partial charge in [0.15, 0.2) is 0 Å². The monoisotopic (exact) mass is 218 g/mol. The first-order valence-corrected chi connectivity index (χ1v) is 6.21. The van der Waals surface area contributed by atoms with E-state index in [0.29, 0.717) is 0 Å². The maximum absolute atomic E-state index is 5.88. The molecule has 0 amide bonds. The molecule has 0 bridgehead atoms. The highest BCUT2D eigenvalue weighted by Gasteiger charge is 2.31. The van der Waals surface area contributed by atoms with Crippen molar-refractivity contribution in [2.45, 2.75) is 38.3 Å². The van der Waals surface area contributed by atoms with E-state index in [9.17, 15) is 0 Å². The van der Waals surface area contributed by atoms with E-state index in [-0.39, 0.29) is 5.54 Å². The average molecular weight is 218 g/mol. The van der Waals surface area contributed by atoms with E-state index < -0.39 is 0 Å². The fourth-order valence-electron chi connectivity index (χ4n) is 2.10. The van der Waals surface area contributed by atoms with Crippen LogP contribution in [-0.2, 0) is 6.54 Å². The first-order valence-electron chi connectivity index (χ1n) is 6.21. The quantitative estimate of drug-likeness (QED) is 0.769. The van der Waals surface area contributed by atoms with Gasteiger partial charge in [-0.25, -0.2) is 0 Å². The molecule has 1 aromatic carbocycles. The van der Waals surface area contributed by atoms with Crippen LogP contribution in [0.4, 0.5) is 0 Å². The normalized spacial score (nSPS) is 19.4. The van der Waals surface area contributed by atoms with Crippen LogP contribution in [0.15, 0.2) is 30.3 Å². The summed E-state index contributed by atoms with van der Waals surface area (Å²) in [7, 11) is 0. The molecular formula is C14H22N2. The molecule has 16 heavy (non-hydrogen) atoms. The van der Waals surface area contributed by atoms with Crippen LogP contribution < -0.4 is 11.1 Å². The summed E-state index contributed by atoms with van der Waals surface area (Å²) >= 11 is 0. The molecule has 0 spiro atoms. The van der Waals surface area contributed by atoms with E-state index in [0.717, 1.165) is 19.0 Å². The summed E-state index contributed by atoms with van der Waals surface area (Å²) in [4.78, 5) is 0. The van der Waals surface area contributed by atoms with Crippen molar-refractivity contribution < 1.29 is 0 Å². The van der Waals surface area contributed by atoms with Gasteiger partial charge in [0, 0.05) is 18.6 Å². The van der Waals surface area contributed by atoms with Gasteiger partial charge in [0.05, 0.1) is 0 Å². The Kier molecular flexibility index (Phi) is 3.62. The molecule has 3 N–H and O–H groups in total. The van der Waals surface area contributed by atoms with Crippen molar-refractivity contribution in [2.75, 3.05) is 6.54 Å². The number of benzene rings is 1. The third-order valence-electron chi connectivity index (χ3n) is 3.45. The van der Waals surface area contributed by atoms with E-state index in [1.807, 2.05) is 0 Å². The van der Waals surface area contributed by atoms with Crippen molar-refractivity contribution >= 4 is 0 Å². The number of hydrogen-bond acceptors (Lipinski definition) is 2. The average Bonchev–Trinajstić information content (AvgIpc) is 3.12. The molecule has 1 unspecified atom stereocenters. The van der Waals surface area contributed by atoms with E-state index in [4.69, 9.17) is 5.73 Å². The van der Waals surface area contributed by atoms with Crippen LogP contribution in [0.2, 0.25) is 0 Å². The van der Waals surface area contributed by atoms with Gasteiger partial charge in [-0.05, 0) is 24.8 Å². The van der Waals surface area contributed by atoms with Crippen LogP contribution in [0.5, 0.6) is 0 Å². The predicted octanol–water partition coefficient (Wildman–Crippen LogP) is 2.29. The fraction of sp³-hybridized carbons (Fsp3) is 0.571. The van der Waals surface area contributed by atoms with Crippen molar-refractivity contribution in [1.82, 2.24) is 5.32 Å². The third-order valence-corrected chi connectivity index (χ3v) is 3.45. The predicted molar refractivity (Wildman–Crippen MR) is 68.1 cm³/mol. The van der Waals surface area contributed by atoms with Crippen LogP contribution in [0.25, 0.3) is 0 Å². The lowest BCUT2D eigenvalue weighted by Gasteiger charge is -2.29. The van der Waals surface area contributed by atoms with E-state index in [1.54, 1.807) is 0 Å². The van der Waals surface area contributed by atoms with Gasteiger partial charge in [-0.1, -0.05) is 43.2 Å². The smallest absolute Gasteiger partial charge is 0.0281 e. The minimum Gasteiger partial charge on any atom is -0.329 e. The van der Waals surface area contributed by atoms with Gasteiger partial charge >= 0.3 is 0 Å². The number of nitrogens with two attached hydrogens (primary N) is 1. The molecule has 1 atom stereocenters. The Morgan fingerprint density at radius 2 is 2.00 bits per heavy atom. The Bertz CT molecular complexity index is 319. The van der Waals surface area contributed by atoms with Gasteiger partial charge in [-0.15, -0.1) is 0 Å². The van der Waals surface area contributed by atoms with Gasteiger partial charge in [0.1, 0.15) is 0 Å². The van der Waals surface area contributed by atoms with Gasteiger partial charge in [0.2, 0.25) is 0 Å². The molecule has 0 radical (unpaired) electrons. The highest BCUT2D eigenvalue weighted by Crippen LogP contribution is 2.36. The molecule has 0 aliphatic heterocycles. The van der Waals surface area contributed by atoms with Crippen molar-refractivity contribution in [3.8, 4) is 0 Å². The molecule has 88 valence electrons. The molecule has 2 heteroatoms. The molecule has 2 rings (SSSR count). The summed E-state index contributed by atoms with van der Waals surface area (Å²) in [6, 6.07) is 10.5. The molecule has 0 heterocycles. The molecule has 2 nitrogen and oxygen atoms in total. The summed E-state index contributed by atoms with van der Waals surface area (Å²) in [5, 5.41) is 3.61. The van der Waals surface area contributed by atoms with Crippen molar-refractivity contribution in [3.05, 3.63) is 35.9 Å². The van der Waals surface area contributed by atoms with E-state index in [1.165, 1.54) is 24.8 Å². The van der Waals surface area contributed by atoms with Gasteiger partial charge in [-0.3, -0.25) is 0 Å². The number of nitrogens with one attached hydrogen (secondary N) is 1. The Hall–Kier alpha value is -0.860. The SMILES string of the molecule is CC(CN)(CC1CC1)NCc1ccccc1. The second-order valence-corrected chi connectivity index (χ2v) is 5.25. The molecule has 1 saturated carbocycles. The molecule has 1 aliphatic rings. The highest BCUT2D eigenvalue weighted by molar-refractivity contribution is 5.14. The maximum atomic E-state index is 5.88. The zero-order valence-corrected chi connectivity index (χ0v) is 10.1. The summed E-state index contributed by atoms with van der Waals surface area (Å²) in [5.41, 5.74) is 7.32. The Morgan fingerprint density at radius 3 is 2.56 bits per heavy atom. The lowest BCUT2D eigenvalue weighted by Crippen LogP contribution is -2.48. The van der Waals surface area contributed by atoms with Crippen LogP contribution in [0.3, 0.4) is 0 Å². The molecule has 1 fully saturated rings. The van der Waals surface area contributed by atoms with Gasteiger partial charge in [-0.2, -0.15) is 0 Å². The minimum atomic E-state index is 0.108. The summed E-state index contributed by atoms with van der Waals surface area (Å²) in [5.74, 6) is 0.914. The second-order valence-electron chi connectivity index (χ2n) is 5.25. The largest absolute Gasteiger partial charge is 0.329 e. The first kappa shape index (κ1) is 11.6. The zero-order chi connectivity index (χ0) is 11.4. The van der Waals surface area contributed by atoms with Crippen LogP contribution >= 0.6 is 0 Å². The maximum Gasteiger partial charge on any atom is 0.0281 e. The lowest BCUT2D eigenvalue weighted by atomic mass is 9.94. The highest BCUT2D eigenvalue weighted by atomic mass is 15.0. The molecule has 0 aromatic heterocycles. The van der Waals surface area contributed by atoms with Crippen molar-refractivity contribution in [1.29, 1.82) is 0 Å². The van der Waals surface area contributed by atoms with Gasteiger partial charge in [0.25, 0.3) is 0 Å². The standard InChI is InChI=1S/C14H22N2/c1-14(11-15,9-12-7-8-12)16-10-13-5-3-2-4-6-13/h2-6,12,16H,7-11,15H2,1H3. The van der Waals surface area contributed by atoms with Crippen molar-refractivity contribution in [3.63, 3.8) is 0 Å². The molecule has 1 aliphatic carbocycles. The van der Waals surface area contributed by atoms with E-state index in [2.05, 4.69) is 42.6 Å². The Morgan fingerprint density at radius 1 is 1.31 bits per heavy atom. The van der Waals surface area contributed by atoms with Crippen LogP contribution in [-0.4, -0.2) is 12.1 Å².